The molecular weight excluding hydrogens is 542 g/mol. The maximum Gasteiger partial charge on any atom is 0.186 e. The number of nitrogens with zero attached hydrogens (tertiary/aromatic N) is 1. The van der Waals surface area contributed by atoms with E-state index in [9.17, 15) is 14.4 Å². The molecule has 1 fully saturated rings. The molecule has 1 saturated heterocycles. The molecule has 1 spiro atoms. The predicted molar refractivity (Wildman–Crippen MR) is 163 cm³/mol. The molecule has 7 heteroatoms. The summed E-state index contributed by atoms with van der Waals surface area (Å²) in [6, 6.07) is 25.3. The van der Waals surface area contributed by atoms with Gasteiger partial charge in [0.05, 0.1) is 27.4 Å². The van der Waals surface area contributed by atoms with Crippen LogP contribution < -0.4 is 19.1 Å². The number of ether oxygens (including phenoxy) is 3. The van der Waals surface area contributed by atoms with Crippen molar-refractivity contribution in [2.45, 2.75) is 18.0 Å². The molecule has 2 heterocycles. The zero-order valence-corrected chi connectivity index (χ0v) is 23.9. The third-order valence-electron chi connectivity index (χ3n) is 9.11. The normalized spacial score (nSPS) is 20.9. The molecule has 3 atom stereocenters. The van der Waals surface area contributed by atoms with Crippen molar-refractivity contribution >= 4 is 29.1 Å². The molecule has 3 aliphatic rings. The van der Waals surface area contributed by atoms with Gasteiger partial charge >= 0.3 is 0 Å². The van der Waals surface area contributed by atoms with Crippen LogP contribution in [0.15, 0.2) is 97.1 Å². The van der Waals surface area contributed by atoms with Gasteiger partial charge in [0, 0.05) is 33.9 Å². The second-order valence-electron chi connectivity index (χ2n) is 11.0. The molecule has 0 radical (unpaired) electrons. The highest BCUT2D eigenvalue weighted by atomic mass is 16.5. The number of Topliss-reactive ketones (excluding diaryl/α,β-unsaturated/α-hetero) is 3. The SMILES string of the molecule is COc1cccc(C(=O)[C@H]2[C@H](c3cc(OC)ccc3OC)C3(C(=O)c4ccccc4C3=O)C3C=Cc4ccccc4N32)c1. The molecule has 0 N–H and O–H groups in total. The number of ketones is 3. The van der Waals surface area contributed by atoms with Crippen LogP contribution in [-0.4, -0.2) is 50.8 Å². The fourth-order valence-electron chi connectivity index (χ4n) is 7.29. The first-order valence-corrected chi connectivity index (χ1v) is 14.1. The molecular formula is C36H29NO6. The van der Waals surface area contributed by atoms with Crippen LogP contribution in [0.2, 0.25) is 0 Å². The fraction of sp³-hybridized carbons (Fsp3) is 0.194. The molecule has 4 aromatic rings. The summed E-state index contributed by atoms with van der Waals surface area (Å²) in [6.45, 7) is 0. The minimum atomic E-state index is -1.65. The van der Waals surface area contributed by atoms with Gasteiger partial charge in [-0.1, -0.05) is 66.7 Å². The molecule has 43 heavy (non-hydrogen) atoms. The van der Waals surface area contributed by atoms with Gasteiger partial charge < -0.3 is 19.1 Å². The first kappa shape index (κ1) is 26.7. The van der Waals surface area contributed by atoms with Gasteiger partial charge in [0.15, 0.2) is 17.3 Å². The summed E-state index contributed by atoms with van der Waals surface area (Å²) in [5, 5.41) is 0. The van der Waals surface area contributed by atoms with E-state index in [0.717, 1.165) is 11.3 Å². The van der Waals surface area contributed by atoms with Crippen LogP contribution >= 0.6 is 0 Å². The molecule has 7 nitrogen and oxygen atoms in total. The minimum Gasteiger partial charge on any atom is -0.497 e. The maximum atomic E-state index is 14.9. The fourth-order valence-corrected chi connectivity index (χ4v) is 7.29. The van der Waals surface area contributed by atoms with Crippen molar-refractivity contribution in [2.75, 3.05) is 26.2 Å². The number of hydrogen-bond donors (Lipinski definition) is 0. The van der Waals surface area contributed by atoms with Gasteiger partial charge in [-0.2, -0.15) is 0 Å². The minimum absolute atomic E-state index is 0.239. The smallest absolute Gasteiger partial charge is 0.186 e. The lowest BCUT2D eigenvalue weighted by Crippen LogP contribution is -2.48. The van der Waals surface area contributed by atoms with Gasteiger partial charge in [-0.15, -0.1) is 0 Å². The molecule has 2 aliphatic heterocycles. The van der Waals surface area contributed by atoms with E-state index in [2.05, 4.69) is 0 Å². The third-order valence-corrected chi connectivity index (χ3v) is 9.11. The Morgan fingerprint density at radius 2 is 1.42 bits per heavy atom. The average molecular weight is 572 g/mol. The maximum absolute atomic E-state index is 14.9. The lowest BCUT2D eigenvalue weighted by Gasteiger charge is -2.37. The van der Waals surface area contributed by atoms with E-state index < -0.39 is 23.4 Å². The molecule has 7 rings (SSSR count). The van der Waals surface area contributed by atoms with Crippen LogP contribution in [0.1, 0.15) is 48.1 Å². The molecule has 214 valence electrons. The first-order valence-electron chi connectivity index (χ1n) is 14.1. The first-order chi connectivity index (χ1) is 20.9. The van der Waals surface area contributed by atoms with Crippen LogP contribution in [0.4, 0.5) is 5.69 Å². The van der Waals surface area contributed by atoms with Crippen LogP contribution in [-0.2, 0) is 0 Å². The average Bonchev–Trinajstić information content (AvgIpc) is 3.50. The van der Waals surface area contributed by atoms with E-state index in [1.165, 1.54) is 0 Å². The Morgan fingerprint density at radius 1 is 0.744 bits per heavy atom. The number of rotatable bonds is 6. The van der Waals surface area contributed by atoms with Crippen molar-refractivity contribution in [1.29, 1.82) is 0 Å². The molecule has 1 unspecified atom stereocenters. The number of carbonyl (C=O) groups is 3. The number of benzene rings is 4. The Morgan fingerprint density at radius 3 is 2.12 bits per heavy atom. The summed E-state index contributed by atoms with van der Waals surface area (Å²) in [4.78, 5) is 46.6. The van der Waals surface area contributed by atoms with E-state index in [0.29, 0.717) is 39.5 Å². The van der Waals surface area contributed by atoms with Crippen LogP contribution in [0.5, 0.6) is 17.2 Å². The van der Waals surface area contributed by atoms with E-state index in [1.54, 1.807) is 88.1 Å². The topological polar surface area (TPSA) is 82.1 Å². The van der Waals surface area contributed by atoms with Crippen molar-refractivity contribution < 1.29 is 28.6 Å². The number of anilines is 1. The molecule has 0 amide bonds. The summed E-state index contributed by atoms with van der Waals surface area (Å²) in [7, 11) is 4.65. The van der Waals surface area contributed by atoms with Crippen molar-refractivity contribution in [3.05, 3.63) is 125 Å². The number of methoxy groups -OCH3 is 3. The standard InChI is InChI=1S/C36H29NO6/c1-41-23-11-8-10-22(19-23)33(38)32-31(27-20-24(42-2)16-17-29(27)43-3)36(34(39)25-12-5-6-13-26(25)35(36)40)30-18-15-21-9-4-7-14-28(21)37(30)32/h4-20,30-32H,1-3H3/t30?,31-,32+/m0/s1. The quantitative estimate of drug-likeness (QED) is 0.207. The highest BCUT2D eigenvalue weighted by molar-refractivity contribution is 6.32. The Hall–Kier alpha value is -5.17. The zero-order valence-electron chi connectivity index (χ0n) is 23.9. The highest BCUT2D eigenvalue weighted by Crippen LogP contribution is 2.62. The Labute approximate surface area is 249 Å². The van der Waals surface area contributed by atoms with Crippen molar-refractivity contribution in [2.24, 2.45) is 5.41 Å². The lowest BCUT2D eigenvalue weighted by molar-refractivity contribution is 0.0664. The van der Waals surface area contributed by atoms with Crippen LogP contribution in [0, 0.1) is 5.41 Å². The third kappa shape index (κ3) is 3.64. The Kier molecular flexibility index (Phi) is 6.20. The van der Waals surface area contributed by atoms with Gasteiger partial charge in [0.2, 0.25) is 0 Å². The zero-order chi connectivity index (χ0) is 29.9. The second-order valence-corrected chi connectivity index (χ2v) is 11.0. The van der Waals surface area contributed by atoms with Gasteiger partial charge in [-0.05, 0) is 42.0 Å². The van der Waals surface area contributed by atoms with Crippen LogP contribution in [0.3, 0.4) is 0 Å². The molecule has 1 aliphatic carbocycles. The lowest BCUT2D eigenvalue weighted by atomic mass is 9.64. The van der Waals surface area contributed by atoms with Crippen molar-refractivity contribution in [3.63, 3.8) is 0 Å². The summed E-state index contributed by atoms with van der Waals surface area (Å²) >= 11 is 0. The largest absolute Gasteiger partial charge is 0.497 e. The number of hydrogen-bond acceptors (Lipinski definition) is 7. The number of para-hydroxylation sites is 1. The predicted octanol–water partition coefficient (Wildman–Crippen LogP) is 6.03. The van der Waals surface area contributed by atoms with Crippen molar-refractivity contribution in [3.8, 4) is 17.2 Å². The second kappa shape index (κ2) is 9.98. The Bertz CT molecular complexity index is 1810. The van der Waals surface area contributed by atoms with E-state index in [4.69, 9.17) is 14.2 Å². The van der Waals surface area contributed by atoms with Crippen LogP contribution in [0.25, 0.3) is 6.08 Å². The molecule has 4 aromatic carbocycles. The number of carbonyl (C=O) groups excluding carboxylic acids is 3. The molecule has 0 bridgehead atoms. The van der Waals surface area contributed by atoms with Gasteiger partial charge in [0.25, 0.3) is 0 Å². The Balaban J connectivity index is 1.58. The molecule has 0 aromatic heterocycles. The summed E-state index contributed by atoms with van der Waals surface area (Å²) in [5.41, 5.74) is 1.71. The van der Waals surface area contributed by atoms with Gasteiger partial charge in [-0.3, -0.25) is 14.4 Å². The van der Waals surface area contributed by atoms with E-state index in [-0.39, 0.29) is 17.3 Å². The van der Waals surface area contributed by atoms with Gasteiger partial charge in [0.1, 0.15) is 28.7 Å². The highest BCUT2D eigenvalue weighted by Gasteiger charge is 2.72. The number of fused-ring (bicyclic) bond motifs is 5. The molecule has 0 saturated carbocycles. The summed E-state index contributed by atoms with van der Waals surface area (Å²) in [5.74, 6) is -0.255. The van der Waals surface area contributed by atoms with E-state index in [1.807, 2.05) is 41.3 Å². The summed E-state index contributed by atoms with van der Waals surface area (Å²) in [6.07, 6.45) is 3.85. The van der Waals surface area contributed by atoms with Gasteiger partial charge in [-0.25, -0.2) is 0 Å². The van der Waals surface area contributed by atoms with E-state index >= 15 is 0 Å². The van der Waals surface area contributed by atoms with Crippen molar-refractivity contribution in [1.82, 2.24) is 0 Å². The summed E-state index contributed by atoms with van der Waals surface area (Å²) < 4.78 is 16.9. The monoisotopic (exact) mass is 571 g/mol.